The maximum atomic E-state index is 9.08. The van der Waals surface area contributed by atoms with Crippen molar-refractivity contribution in [1.82, 2.24) is 0 Å². The number of hydrogen-bond donors (Lipinski definition) is 1. The Morgan fingerprint density at radius 1 is 1.18 bits per heavy atom. The first-order chi connectivity index (χ1) is 8.19. The molecule has 0 aliphatic rings. The summed E-state index contributed by atoms with van der Waals surface area (Å²) < 4.78 is 1.01. The highest BCUT2D eigenvalue weighted by Gasteiger charge is 2.02. The Morgan fingerprint density at radius 2 is 2.00 bits per heavy atom. The van der Waals surface area contributed by atoms with Gasteiger partial charge in [-0.05, 0) is 42.8 Å². The summed E-state index contributed by atoms with van der Waals surface area (Å²) in [5.74, 6) is 0. The van der Waals surface area contributed by atoms with Gasteiger partial charge in [0.25, 0.3) is 0 Å². The fourth-order valence-electron chi connectivity index (χ4n) is 1.58. The molecule has 1 N–H and O–H groups in total. The van der Waals surface area contributed by atoms with Gasteiger partial charge in [0, 0.05) is 10.2 Å². The Balaban J connectivity index is 2.34. The minimum atomic E-state index is 0.657. The van der Waals surface area contributed by atoms with Gasteiger partial charge >= 0.3 is 0 Å². The van der Waals surface area contributed by atoms with Crippen LogP contribution in [0.1, 0.15) is 11.1 Å². The highest BCUT2D eigenvalue weighted by molar-refractivity contribution is 9.10. The SMILES string of the molecule is Cc1ccc(Nc2cccc(Br)c2)c(C#N)c1. The normalized spacial score (nSPS) is 9.71. The molecule has 0 aliphatic carbocycles. The molecule has 0 spiro atoms. The molecule has 0 bridgehead atoms. The highest BCUT2D eigenvalue weighted by Crippen LogP contribution is 2.23. The average Bonchev–Trinajstić information content (AvgIpc) is 2.31. The Labute approximate surface area is 109 Å². The first kappa shape index (κ1) is 11.7. The lowest BCUT2D eigenvalue weighted by Gasteiger charge is -2.09. The molecule has 0 fully saturated rings. The maximum Gasteiger partial charge on any atom is 0.101 e. The smallest absolute Gasteiger partial charge is 0.101 e. The zero-order valence-corrected chi connectivity index (χ0v) is 11.0. The Hall–Kier alpha value is -1.79. The van der Waals surface area contributed by atoms with Crippen LogP contribution in [0.4, 0.5) is 11.4 Å². The van der Waals surface area contributed by atoms with Gasteiger partial charge in [0.1, 0.15) is 6.07 Å². The van der Waals surface area contributed by atoms with Crippen molar-refractivity contribution in [2.24, 2.45) is 0 Å². The van der Waals surface area contributed by atoms with E-state index >= 15 is 0 Å². The number of halogens is 1. The van der Waals surface area contributed by atoms with Crippen LogP contribution in [0, 0.1) is 18.3 Å². The first-order valence-corrected chi connectivity index (χ1v) is 6.01. The van der Waals surface area contributed by atoms with Crippen LogP contribution in [-0.2, 0) is 0 Å². The molecule has 3 heteroatoms. The third-order valence-electron chi connectivity index (χ3n) is 2.40. The van der Waals surface area contributed by atoms with E-state index in [1.54, 1.807) is 0 Å². The molecule has 17 heavy (non-hydrogen) atoms. The van der Waals surface area contributed by atoms with E-state index in [1.165, 1.54) is 0 Å². The van der Waals surface area contributed by atoms with Gasteiger partial charge < -0.3 is 5.32 Å². The predicted octanol–water partition coefficient (Wildman–Crippen LogP) is 4.37. The van der Waals surface area contributed by atoms with Crippen LogP contribution in [0.2, 0.25) is 0 Å². The molecule has 0 atom stereocenters. The van der Waals surface area contributed by atoms with Crippen molar-refractivity contribution >= 4 is 27.3 Å². The van der Waals surface area contributed by atoms with E-state index in [9.17, 15) is 0 Å². The summed E-state index contributed by atoms with van der Waals surface area (Å²) in [4.78, 5) is 0. The van der Waals surface area contributed by atoms with Crippen molar-refractivity contribution in [1.29, 1.82) is 5.26 Å². The van der Waals surface area contributed by atoms with Crippen molar-refractivity contribution in [3.05, 3.63) is 58.1 Å². The van der Waals surface area contributed by atoms with E-state index in [0.29, 0.717) is 5.56 Å². The van der Waals surface area contributed by atoms with Crippen molar-refractivity contribution < 1.29 is 0 Å². The molecule has 0 radical (unpaired) electrons. The number of nitriles is 1. The molecule has 2 aromatic carbocycles. The third-order valence-corrected chi connectivity index (χ3v) is 2.89. The summed E-state index contributed by atoms with van der Waals surface area (Å²) in [6.07, 6.45) is 0. The van der Waals surface area contributed by atoms with Gasteiger partial charge in [0.15, 0.2) is 0 Å². The molecule has 0 amide bonds. The number of nitrogens with one attached hydrogen (secondary N) is 1. The monoisotopic (exact) mass is 286 g/mol. The molecular weight excluding hydrogens is 276 g/mol. The fourth-order valence-corrected chi connectivity index (χ4v) is 1.98. The summed E-state index contributed by atoms with van der Waals surface area (Å²) in [6, 6.07) is 15.8. The van der Waals surface area contributed by atoms with Gasteiger partial charge in [0.05, 0.1) is 11.3 Å². The van der Waals surface area contributed by atoms with Crippen LogP contribution < -0.4 is 5.32 Å². The molecule has 84 valence electrons. The average molecular weight is 287 g/mol. The number of benzene rings is 2. The molecule has 0 heterocycles. The summed E-state index contributed by atoms with van der Waals surface area (Å²) >= 11 is 3.42. The zero-order chi connectivity index (χ0) is 12.3. The van der Waals surface area contributed by atoms with Crippen LogP contribution in [0.5, 0.6) is 0 Å². The van der Waals surface area contributed by atoms with Crippen LogP contribution in [0.25, 0.3) is 0 Å². The number of rotatable bonds is 2. The Kier molecular flexibility index (Phi) is 3.46. The molecule has 0 aromatic heterocycles. The molecule has 0 unspecified atom stereocenters. The Bertz CT molecular complexity index is 585. The molecule has 0 saturated carbocycles. The predicted molar refractivity (Wildman–Crippen MR) is 73.3 cm³/mol. The van der Waals surface area contributed by atoms with Gasteiger partial charge in [-0.1, -0.05) is 28.1 Å². The molecule has 2 nitrogen and oxygen atoms in total. The topological polar surface area (TPSA) is 35.8 Å². The van der Waals surface area contributed by atoms with Crippen molar-refractivity contribution in [3.8, 4) is 6.07 Å². The van der Waals surface area contributed by atoms with Crippen molar-refractivity contribution in [2.45, 2.75) is 6.92 Å². The molecule has 0 saturated heterocycles. The fraction of sp³-hybridized carbons (Fsp3) is 0.0714. The zero-order valence-electron chi connectivity index (χ0n) is 9.37. The second-order valence-corrected chi connectivity index (χ2v) is 4.71. The third kappa shape index (κ3) is 2.86. The molecule has 0 aliphatic heterocycles. The minimum absolute atomic E-state index is 0.657. The van der Waals surface area contributed by atoms with Gasteiger partial charge in [-0.25, -0.2) is 0 Å². The van der Waals surface area contributed by atoms with E-state index in [0.717, 1.165) is 21.4 Å². The van der Waals surface area contributed by atoms with Crippen molar-refractivity contribution in [2.75, 3.05) is 5.32 Å². The van der Waals surface area contributed by atoms with E-state index in [2.05, 4.69) is 27.3 Å². The van der Waals surface area contributed by atoms with E-state index in [4.69, 9.17) is 5.26 Å². The summed E-state index contributed by atoms with van der Waals surface area (Å²) in [5, 5.41) is 12.3. The van der Waals surface area contributed by atoms with Gasteiger partial charge in [-0.3, -0.25) is 0 Å². The summed E-state index contributed by atoms with van der Waals surface area (Å²) in [7, 11) is 0. The van der Waals surface area contributed by atoms with E-state index in [1.807, 2.05) is 49.4 Å². The van der Waals surface area contributed by atoms with Crippen LogP contribution in [0.3, 0.4) is 0 Å². The molecule has 2 aromatic rings. The van der Waals surface area contributed by atoms with Crippen LogP contribution in [-0.4, -0.2) is 0 Å². The summed E-state index contributed by atoms with van der Waals surface area (Å²) in [5.41, 5.74) is 3.53. The summed E-state index contributed by atoms with van der Waals surface area (Å²) in [6.45, 7) is 1.98. The second kappa shape index (κ2) is 5.03. The molecule has 2 rings (SSSR count). The Morgan fingerprint density at radius 3 is 2.71 bits per heavy atom. The lowest BCUT2D eigenvalue weighted by molar-refractivity contribution is 1.40. The van der Waals surface area contributed by atoms with Gasteiger partial charge in [-0.2, -0.15) is 5.26 Å². The standard InChI is InChI=1S/C14H11BrN2/c1-10-5-6-14(11(7-10)9-16)17-13-4-2-3-12(15)8-13/h2-8,17H,1H3. The first-order valence-electron chi connectivity index (χ1n) is 5.22. The van der Waals surface area contributed by atoms with Crippen LogP contribution >= 0.6 is 15.9 Å². The number of nitrogens with zero attached hydrogens (tertiary/aromatic N) is 1. The highest BCUT2D eigenvalue weighted by atomic mass is 79.9. The lowest BCUT2D eigenvalue weighted by Crippen LogP contribution is -1.93. The lowest BCUT2D eigenvalue weighted by atomic mass is 10.1. The van der Waals surface area contributed by atoms with Gasteiger partial charge in [0.2, 0.25) is 0 Å². The largest absolute Gasteiger partial charge is 0.354 e. The molecular formula is C14H11BrN2. The number of aryl methyl sites for hydroxylation is 1. The van der Waals surface area contributed by atoms with Gasteiger partial charge in [-0.15, -0.1) is 0 Å². The number of hydrogen-bond acceptors (Lipinski definition) is 2. The van der Waals surface area contributed by atoms with Crippen molar-refractivity contribution in [3.63, 3.8) is 0 Å². The van der Waals surface area contributed by atoms with E-state index < -0.39 is 0 Å². The van der Waals surface area contributed by atoms with E-state index in [-0.39, 0.29) is 0 Å². The number of anilines is 2. The minimum Gasteiger partial charge on any atom is -0.354 e. The quantitative estimate of drug-likeness (QED) is 0.890. The second-order valence-electron chi connectivity index (χ2n) is 3.80. The maximum absolute atomic E-state index is 9.08. The van der Waals surface area contributed by atoms with Crippen LogP contribution in [0.15, 0.2) is 46.9 Å².